The molecular weight excluding hydrogens is 412 g/mol. The van der Waals surface area contributed by atoms with Crippen molar-refractivity contribution in [3.63, 3.8) is 0 Å². The molecule has 0 saturated carbocycles. The Kier molecular flexibility index (Phi) is 8.95. The molecule has 32 heavy (non-hydrogen) atoms. The lowest BCUT2D eigenvalue weighted by atomic mass is 9.99. The third kappa shape index (κ3) is 7.86. The Bertz CT molecular complexity index is 934. The summed E-state index contributed by atoms with van der Waals surface area (Å²) in [5.74, 6) is -2.28. The molecule has 170 valence electrons. The van der Waals surface area contributed by atoms with E-state index in [1.165, 1.54) is 0 Å². The van der Waals surface area contributed by atoms with Crippen LogP contribution in [0.2, 0.25) is 0 Å². The Hall–Kier alpha value is -3.68. The molecule has 0 aliphatic carbocycles. The number of aliphatic carboxylic acids is 2. The highest BCUT2D eigenvalue weighted by Gasteiger charge is 2.10. The van der Waals surface area contributed by atoms with E-state index in [0.717, 1.165) is 22.3 Å². The molecule has 0 bridgehead atoms. The van der Waals surface area contributed by atoms with Gasteiger partial charge in [-0.05, 0) is 73.2 Å². The third-order valence-corrected chi connectivity index (χ3v) is 4.92. The van der Waals surface area contributed by atoms with Gasteiger partial charge in [0.05, 0.1) is 0 Å². The molecule has 2 rings (SSSR count). The average molecular weight is 440 g/mol. The first-order valence-corrected chi connectivity index (χ1v) is 10.4. The number of hydrogen-bond acceptors (Lipinski definition) is 4. The van der Waals surface area contributed by atoms with Gasteiger partial charge in [-0.3, -0.25) is 19.2 Å². The second-order valence-corrected chi connectivity index (χ2v) is 7.65. The molecule has 8 nitrogen and oxygen atoms in total. The van der Waals surface area contributed by atoms with E-state index in [9.17, 15) is 19.2 Å². The van der Waals surface area contributed by atoms with Gasteiger partial charge in [0.15, 0.2) is 0 Å². The van der Waals surface area contributed by atoms with Crippen LogP contribution in [-0.2, 0) is 19.2 Å². The molecule has 0 aliphatic rings. The summed E-state index contributed by atoms with van der Waals surface area (Å²) in [6.45, 7) is 3.77. The van der Waals surface area contributed by atoms with E-state index in [1.807, 2.05) is 50.2 Å². The number of carboxylic acid groups (broad SMARTS) is 2. The van der Waals surface area contributed by atoms with Crippen LogP contribution >= 0.6 is 0 Å². The van der Waals surface area contributed by atoms with Crippen LogP contribution in [0.15, 0.2) is 36.4 Å². The van der Waals surface area contributed by atoms with E-state index in [-0.39, 0.29) is 37.5 Å². The Labute approximate surface area is 186 Å². The van der Waals surface area contributed by atoms with Crippen LogP contribution in [0.5, 0.6) is 0 Å². The number of carboxylic acids is 2. The predicted octanol–water partition coefficient (Wildman–Crippen LogP) is 4.36. The third-order valence-electron chi connectivity index (χ3n) is 4.92. The van der Waals surface area contributed by atoms with Crippen LogP contribution in [0.25, 0.3) is 11.1 Å². The van der Waals surface area contributed by atoms with E-state index in [1.54, 1.807) is 0 Å². The number of benzene rings is 2. The lowest BCUT2D eigenvalue weighted by Crippen LogP contribution is -2.13. The van der Waals surface area contributed by atoms with Crippen molar-refractivity contribution >= 4 is 35.1 Å². The Balaban J connectivity index is 2.01. The summed E-state index contributed by atoms with van der Waals surface area (Å²) >= 11 is 0. The summed E-state index contributed by atoms with van der Waals surface area (Å²) < 4.78 is 0. The molecule has 0 heterocycles. The number of anilines is 2. The zero-order valence-corrected chi connectivity index (χ0v) is 18.2. The number of rotatable bonds is 11. The van der Waals surface area contributed by atoms with Crippen molar-refractivity contribution in [2.75, 3.05) is 10.6 Å². The highest BCUT2D eigenvalue weighted by molar-refractivity contribution is 5.93. The van der Waals surface area contributed by atoms with Gasteiger partial charge in [0.1, 0.15) is 0 Å². The van der Waals surface area contributed by atoms with Crippen LogP contribution in [0.3, 0.4) is 0 Å². The molecule has 0 aromatic heterocycles. The second-order valence-electron chi connectivity index (χ2n) is 7.65. The Morgan fingerprint density at radius 1 is 0.656 bits per heavy atom. The molecule has 0 unspecified atom stereocenters. The Morgan fingerprint density at radius 3 is 1.34 bits per heavy atom. The van der Waals surface area contributed by atoms with Gasteiger partial charge in [0, 0.05) is 37.1 Å². The van der Waals surface area contributed by atoms with Crippen molar-refractivity contribution in [3.05, 3.63) is 47.5 Å². The minimum absolute atomic E-state index is 0.0382. The fourth-order valence-corrected chi connectivity index (χ4v) is 3.19. The molecule has 0 saturated heterocycles. The molecule has 0 fully saturated rings. The van der Waals surface area contributed by atoms with E-state index in [2.05, 4.69) is 10.6 Å². The summed E-state index contributed by atoms with van der Waals surface area (Å²) in [6, 6.07) is 11.3. The van der Waals surface area contributed by atoms with Gasteiger partial charge >= 0.3 is 11.9 Å². The van der Waals surface area contributed by atoms with Crippen LogP contribution < -0.4 is 10.6 Å². The van der Waals surface area contributed by atoms with Gasteiger partial charge in [-0.25, -0.2) is 0 Å². The second kappa shape index (κ2) is 11.6. The van der Waals surface area contributed by atoms with Gasteiger partial charge in [0.2, 0.25) is 11.8 Å². The maximum atomic E-state index is 12.0. The largest absolute Gasteiger partial charge is 0.481 e. The van der Waals surface area contributed by atoms with E-state index in [4.69, 9.17) is 10.2 Å². The van der Waals surface area contributed by atoms with Gasteiger partial charge in [-0.1, -0.05) is 12.1 Å². The van der Waals surface area contributed by atoms with Gasteiger partial charge < -0.3 is 20.8 Å². The fourth-order valence-electron chi connectivity index (χ4n) is 3.19. The summed E-state index contributed by atoms with van der Waals surface area (Å²) in [6.07, 6.45) is 0.805. The fraction of sp³-hybridized carbons (Fsp3) is 0.333. The van der Waals surface area contributed by atoms with Gasteiger partial charge in [0.25, 0.3) is 0 Å². The molecular formula is C24H28N2O6. The number of carbonyl (C=O) groups excluding carboxylic acids is 2. The zero-order chi connectivity index (χ0) is 23.7. The standard InChI is InChI=1S/C24H28N2O6/c1-15-13-17(9-11-19(15)25-21(27)5-3-7-23(29)30)18-10-12-20(16(2)14-18)26-22(28)6-4-8-24(31)32/h9-14H,3-8H2,1-2H3,(H,25,27)(H,26,28)(H,29,30)(H,31,32). The van der Waals surface area contributed by atoms with Crippen LogP contribution in [0.1, 0.15) is 49.7 Å². The Morgan fingerprint density at radius 2 is 1.03 bits per heavy atom. The number of amides is 2. The quantitative estimate of drug-likeness (QED) is 0.410. The van der Waals surface area contributed by atoms with Crippen molar-refractivity contribution in [3.8, 4) is 11.1 Å². The van der Waals surface area contributed by atoms with Crippen LogP contribution in [-0.4, -0.2) is 34.0 Å². The van der Waals surface area contributed by atoms with Crippen LogP contribution in [0.4, 0.5) is 11.4 Å². The molecule has 2 aromatic rings. The molecule has 8 heteroatoms. The molecule has 0 radical (unpaired) electrons. The summed E-state index contributed by atoms with van der Waals surface area (Å²) in [7, 11) is 0. The molecule has 2 aromatic carbocycles. The highest BCUT2D eigenvalue weighted by Crippen LogP contribution is 2.28. The van der Waals surface area contributed by atoms with Crippen molar-refractivity contribution in [2.24, 2.45) is 0 Å². The number of carbonyl (C=O) groups is 4. The summed E-state index contributed by atoms with van der Waals surface area (Å²) in [5, 5.41) is 22.9. The molecule has 0 spiro atoms. The first-order valence-electron chi connectivity index (χ1n) is 10.4. The predicted molar refractivity (Wildman–Crippen MR) is 122 cm³/mol. The average Bonchev–Trinajstić information content (AvgIpc) is 2.70. The number of nitrogens with one attached hydrogen (secondary N) is 2. The van der Waals surface area contributed by atoms with Crippen molar-refractivity contribution in [1.29, 1.82) is 0 Å². The molecule has 2 amide bonds. The van der Waals surface area contributed by atoms with Crippen molar-refractivity contribution in [1.82, 2.24) is 0 Å². The lowest BCUT2D eigenvalue weighted by Gasteiger charge is -2.13. The number of aryl methyl sites for hydroxylation is 2. The first-order chi connectivity index (χ1) is 15.2. The minimum atomic E-state index is -0.919. The van der Waals surface area contributed by atoms with Crippen molar-refractivity contribution in [2.45, 2.75) is 52.4 Å². The van der Waals surface area contributed by atoms with Crippen LogP contribution in [0, 0.1) is 13.8 Å². The summed E-state index contributed by atoms with van der Waals surface area (Å²) in [4.78, 5) is 45.1. The lowest BCUT2D eigenvalue weighted by molar-refractivity contribution is -0.138. The minimum Gasteiger partial charge on any atom is -0.481 e. The van der Waals surface area contributed by atoms with E-state index >= 15 is 0 Å². The SMILES string of the molecule is Cc1cc(-c2ccc(NC(=O)CCCC(=O)O)c(C)c2)ccc1NC(=O)CCCC(=O)O. The first kappa shape index (κ1) is 24.6. The molecule has 4 N–H and O–H groups in total. The van der Waals surface area contributed by atoms with E-state index < -0.39 is 11.9 Å². The van der Waals surface area contributed by atoms with Crippen molar-refractivity contribution < 1.29 is 29.4 Å². The van der Waals surface area contributed by atoms with E-state index in [0.29, 0.717) is 24.2 Å². The topological polar surface area (TPSA) is 133 Å². The highest BCUT2D eigenvalue weighted by atomic mass is 16.4. The zero-order valence-electron chi connectivity index (χ0n) is 18.2. The maximum Gasteiger partial charge on any atom is 0.303 e. The molecule has 0 atom stereocenters. The monoisotopic (exact) mass is 440 g/mol. The normalized spacial score (nSPS) is 10.4. The maximum absolute atomic E-state index is 12.0. The van der Waals surface area contributed by atoms with Gasteiger partial charge in [-0.2, -0.15) is 0 Å². The number of hydrogen-bond donors (Lipinski definition) is 4. The van der Waals surface area contributed by atoms with Gasteiger partial charge in [-0.15, -0.1) is 0 Å². The summed E-state index contributed by atoms with van der Waals surface area (Å²) in [5.41, 5.74) is 5.01. The molecule has 0 aliphatic heterocycles. The smallest absolute Gasteiger partial charge is 0.303 e.